The summed E-state index contributed by atoms with van der Waals surface area (Å²) in [6.45, 7) is 5.66. The van der Waals surface area contributed by atoms with Gasteiger partial charge in [0, 0.05) is 18.1 Å². The molecule has 0 amide bonds. The van der Waals surface area contributed by atoms with Crippen LogP contribution < -0.4 is 5.32 Å². The van der Waals surface area contributed by atoms with Crippen molar-refractivity contribution in [3.63, 3.8) is 0 Å². The van der Waals surface area contributed by atoms with Gasteiger partial charge in [-0.05, 0) is 40.8 Å². The minimum absolute atomic E-state index is 0.315. The molecule has 1 rings (SSSR count). The molecule has 1 N–H and O–H groups in total. The second-order valence-corrected chi connectivity index (χ2v) is 4.18. The lowest BCUT2D eigenvalue weighted by molar-refractivity contribution is 0.146. The van der Waals surface area contributed by atoms with Gasteiger partial charge in [0.05, 0.1) is 0 Å². The van der Waals surface area contributed by atoms with Crippen LogP contribution in [-0.4, -0.2) is 37.1 Å². The van der Waals surface area contributed by atoms with E-state index in [-0.39, 0.29) is 0 Å². The van der Waals surface area contributed by atoms with E-state index in [1.165, 1.54) is 12.8 Å². The number of nitrogens with zero attached hydrogens (tertiary/aromatic N) is 1. The fraction of sp³-hybridized carbons (Fsp3) is 1.00. The highest BCUT2D eigenvalue weighted by Crippen LogP contribution is 2.30. The Morgan fingerprint density at radius 3 is 2.36 bits per heavy atom. The fourth-order valence-corrected chi connectivity index (χ4v) is 1.51. The number of rotatable bonds is 4. The van der Waals surface area contributed by atoms with Crippen LogP contribution in [0.5, 0.6) is 0 Å². The molecular weight excluding hydrogens is 136 g/mol. The van der Waals surface area contributed by atoms with Crippen LogP contribution >= 0.6 is 0 Å². The number of likely N-dealkylation sites (N-methyl/N-ethyl adjacent to an activating group) is 2. The molecule has 0 heterocycles. The van der Waals surface area contributed by atoms with Crippen molar-refractivity contribution in [1.29, 1.82) is 0 Å². The highest BCUT2D eigenvalue weighted by molar-refractivity contribution is 4.92. The van der Waals surface area contributed by atoms with Crippen molar-refractivity contribution in [2.45, 2.75) is 38.3 Å². The average molecular weight is 156 g/mol. The summed E-state index contributed by atoms with van der Waals surface area (Å²) >= 11 is 0. The van der Waals surface area contributed by atoms with E-state index in [0.717, 1.165) is 12.6 Å². The predicted octanol–water partition coefficient (Wildman–Crippen LogP) is 1.08. The molecule has 11 heavy (non-hydrogen) atoms. The molecule has 0 saturated heterocycles. The van der Waals surface area contributed by atoms with Crippen molar-refractivity contribution in [3.05, 3.63) is 0 Å². The summed E-state index contributed by atoms with van der Waals surface area (Å²) in [6.07, 6.45) is 2.79. The molecule has 1 saturated carbocycles. The Hall–Kier alpha value is -0.0800. The smallest absolute Gasteiger partial charge is 0.0277 e. The highest BCUT2D eigenvalue weighted by Gasteiger charge is 2.34. The Labute approximate surface area is 70.0 Å². The van der Waals surface area contributed by atoms with Crippen molar-refractivity contribution >= 4 is 0 Å². The highest BCUT2D eigenvalue weighted by atomic mass is 15.2. The molecule has 1 aliphatic carbocycles. The third kappa shape index (κ3) is 2.17. The first-order valence-electron chi connectivity index (χ1n) is 4.45. The average Bonchev–Trinajstić information content (AvgIpc) is 2.67. The van der Waals surface area contributed by atoms with Gasteiger partial charge in [0.2, 0.25) is 0 Å². The Morgan fingerprint density at radius 2 is 2.00 bits per heavy atom. The quantitative estimate of drug-likeness (QED) is 0.655. The van der Waals surface area contributed by atoms with Crippen LogP contribution in [0.15, 0.2) is 0 Å². The first kappa shape index (κ1) is 9.01. The van der Waals surface area contributed by atoms with Crippen molar-refractivity contribution in [3.8, 4) is 0 Å². The van der Waals surface area contributed by atoms with Crippen LogP contribution in [0.4, 0.5) is 0 Å². The predicted molar refractivity (Wildman–Crippen MR) is 48.8 cm³/mol. The standard InChI is InChI=1S/C9H20N2/c1-9(2,7-10-3)11(4)8-5-6-8/h8,10H,5-7H2,1-4H3. The van der Waals surface area contributed by atoms with Crippen LogP contribution in [0.25, 0.3) is 0 Å². The van der Waals surface area contributed by atoms with Crippen molar-refractivity contribution in [2.24, 2.45) is 0 Å². The minimum Gasteiger partial charge on any atom is -0.318 e. The molecule has 0 aromatic carbocycles. The van der Waals surface area contributed by atoms with Crippen LogP contribution in [-0.2, 0) is 0 Å². The molecule has 2 heteroatoms. The fourth-order valence-electron chi connectivity index (χ4n) is 1.51. The maximum atomic E-state index is 3.23. The zero-order valence-corrected chi connectivity index (χ0v) is 8.15. The summed E-state index contributed by atoms with van der Waals surface area (Å²) in [4.78, 5) is 2.49. The SMILES string of the molecule is CNCC(C)(C)N(C)C1CC1. The van der Waals surface area contributed by atoms with Gasteiger partial charge in [-0.1, -0.05) is 0 Å². The third-order valence-corrected chi connectivity index (χ3v) is 2.66. The molecule has 0 aromatic rings. The molecule has 1 aliphatic rings. The molecule has 0 aliphatic heterocycles. The maximum Gasteiger partial charge on any atom is 0.0277 e. The van der Waals surface area contributed by atoms with E-state index >= 15 is 0 Å². The van der Waals surface area contributed by atoms with Gasteiger partial charge in [0.1, 0.15) is 0 Å². The van der Waals surface area contributed by atoms with Gasteiger partial charge in [-0.2, -0.15) is 0 Å². The number of nitrogens with one attached hydrogen (secondary N) is 1. The normalized spacial score (nSPS) is 19.4. The topological polar surface area (TPSA) is 15.3 Å². The summed E-state index contributed by atoms with van der Waals surface area (Å²) in [5, 5.41) is 3.23. The monoisotopic (exact) mass is 156 g/mol. The van der Waals surface area contributed by atoms with Crippen LogP contribution in [0.3, 0.4) is 0 Å². The maximum absolute atomic E-state index is 3.23. The molecule has 0 atom stereocenters. The first-order valence-corrected chi connectivity index (χ1v) is 4.45. The van der Waals surface area contributed by atoms with Gasteiger partial charge in [0.25, 0.3) is 0 Å². The van der Waals surface area contributed by atoms with Crippen LogP contribution in [0.2, 0.25) is 0 Å². The Kier molecular flexibility index (Phi) is 2.55. The van der Waals surface area contributed by atoms with E-state index in [1.807, 2.05) is 7.05 Å². The summed E-state index contributed by atoms with van der Waals surface area (Å²) in [6, 6.07) is 0.860. The van der Waals surface area contributed by atoms with Crippen LogP contribution in [0, 0.1) is 0 Å². The van der Waals surface area contributed by atoms with Crippen molar-refractivity contribution in [2.75, 3.05) is 20.6 Å². The molecular formula is C9H20N2. The molecule has 2 nitrogen and oxygen atoms in total. The van der Waals surface area contributed by atoms with Gasteiger partial charge in [-0.25, -0.2) is 0 Å². The lowest BCUT2D eigenvalue weighted by atomic mass is 10.0. The second kappa shape index (κ2) is 3.11. The van der Waals surface area contributed by atoms with E-state index in [9.17, 15) is 0 Å². The first-order chi connectivity index (χ1) is 5.08. The van der Waals surface area contributed by atoms with E-state index < -0.39 is 0 Å². The Balaban J connectivity index is 2.40. The zero-order valence-electron chi connectivity index (χ0n) is 8.15. The van der Waals surface area contributed by atoms with Crippen molar-refractivity contribution in [1.82, 2.24) is 10.2 Å². The van der Waals surface area contributed by atoms with E-state index in [0.29, 0.717) is 5.54 Å². The lowest BCUT2D eigenvalue weighted by Gasteiger charge is -2.35. The lowest BCUT2D eigenvalue weighted by Crippen LogP contribution is -2.48. The number of hydrogen-bond donors (Lipinski definition) is 1. The Morgan fingerprint density at radius 1 is 1.45 bits per heavy atom. The summed E-state index contributed by atoms with van der Waals surface area (Å²) in [5.74, 6) is 0. The third-order valence-electron chi connectivity index (χ3n) is 2.66. The van der Waals surface area contributed by atoms with E-state index in [1.54, 1.807) is 0 Å². The molecule has 0 aromatic heterocycles. The molecule has 1 fully saturated rings. The molecule has 0 radical (unpaired) electrons. The Bertz CT molecular complexity index is 128. The van der Waals surface area contributed by atoms with Crippen molar-refractivity contribution < 1.29 is 0 Å². The summed E-state index contributed by atoms with van der Waals surface area (Å²) in [7, 11) is 4.25. The summed E-state index contributed by atoms with van der Waals surface area (Å²) in [5.41, 5.74) is 0.315. The molecule has 0 spiro atoms. The second-order valence-electron chi connectivity index (χ2n) is 4.18. The zero-order chi connectivity index (χ0) is 8.48. The van der Waals surface area contributed by atoms with Gasteiger partial charge in [-0.15, -0.1) is 0 Å². The van der Waals surface area contributed by atoms with E-state index in [2.05, 4.69) is 31.1 Å². The van der Waals surface area contributed by atoms with Gasteiger partial charge < -0.3 is 5.32 Å². The van der Waals surface area contributed by atoms with Crippen LogP contribution in [0.1, 0.15) is 26.7 Å². The summed E-state index contributed by atoms with van der Waals surface area (Å²) < 4.78 is 0. The van der Waals surface area contributed by atoms with Gasteiger partial charge in [-0.3, -0.25) is 4.90 Å². The van der Waals surface area contributed by atoms with Gasteiger partial charge in [0.15, 0.2) is 0 Å². The van der Waals surface area contributed by atoms with Gasteiger partial charge >= 0.3 is 0 Å². The largest absolute Gasteiger partial charge is 0.318 e. The molecule has 0 bridgehead atoms. The molecule has 0 unspecified atom stereocenters. The number of hydrogen-bond acceptors (Lipinski definition) is 2. The minimum atomic E-state index is 0.315. The van der Waals surface area contributed by atoms with E-state index in [4.69, 9.17) is 0 Å². The molecule has 66 valence electrons.